The molecule has 0 bridgehead atoms. The first-order chi connectivity index (χ1) is 17.3. The third-order valence-electron chi connectivity index (χ3n) is 7.47. The van der Waals surface area contributed by atoms with E-state index < -0.39 is 11.5 Å². The van der Waals surface area contributed by atoms with Crippen LogP contribution in [0.5, 0.6) is 0 Å². The number of benzene rings is 2. The van der Waals surface area contributed by atoms with Gasteiger partial charge in [-0.3, -0.25) is 14.4 Å². The molecule has 2 saturated heterocycles. The number of likely N-dealkylation sites (tertiary alicyclic amines) is 2. The normalized spacial score (nSPS) is 22.8. The van der Waals surface area contributed by atoms with Crippen LogP contribution in [0, 0.1) is 11.3 Å². The lowest BCUT2D eigenvalue weighted by molar-refractivity contribution is -0.147. The summed E-state index contributed by atoms with van der Waals surface area (Å²) >= 11 is 0. The van der Waals surface area contributed by atoms with Crippen molar-refractivity contribution in [3.05, 3.63) is 71.8 Å². The quantitative estimate of drug-likeness (QED) is 0.615. The highest BCUT2D eigenvalue weighted by molar-refractivity contribution is 5.91. The second-order valence-corrected chi connectivity index (χ2v) is 10.4. The Kier molecular flexibility index (Phi) is 8.09. The van der Waals surface area contributed by atoms with E-state index in [2.05, 4.69) is 17.4 Å². The van der Waals surface area contributed by atoms with Crippen molar-refractivity contribution in [2.24, 2.45) is 11.3 Å². The van der Waals surface area contributed by atoms with Crippen LogP contribution in [-0.4, -0.2) is 66.9 Å². The van der Waals surface area contributed by atoms with Crippen molar-refractivity contribution >= 4 is 17.7 Å². The lowest BCUT2D eigenvalue weighted by atomic mass is 9.69. The average Bonchev–Trinajstić information content (AvgIpc) is 3.13. The molecule has 0 saturated carbocycles. The van der Waals surface area contributed by atoms with Gasteiger partial charge in [0.1, 0.15) is 6.04 Å². The molecule has 2 heterocycles. The highest BCUT2D eigenvalue weighted by Gasteiger charge is 2.55. The lowest BCUT2D eigenvalue weighted by Crippen LogP contribution is -2.57. The van der Waals surface area contributed by atoms with Gasteiger partial charge in [-0.15, -0.1) is 0 Å². The Morgan fingerprint density at radius 2 is 1.75 bits per heavy atom. The van der Waals surface area contributed by atoms with Crippen LogP contribution in [0.3, 0.4) is 0 Å². The number of nitrogens with one attached hydrogen (secondary N) is 1. The van der Waals surface area contributed by atoms with Crippen molar-refractivity contribution in [2.75, 3.05) is 33.3 Å². The minimum atomic E-state index is -0.803. The molecule has 1 N–H and O–H groups in total. The van der Waals surface area contributed by atoms with E-state index in [4.69, 9.17) is 4.74 Å². The van der Waals surface area contributed by atoms with E-state index in [-0.39, 0.29) is 36.2 Å². The van der Waals surface area contributed by atoms with E-state index in [0.29, 0.717) is 26.2 Å². The summed E-state index contributed by atoms with van der Waals surface area (Å²) in [6.45, 7) is 5.58. The fourth-order valence-electron chi connectivity index (χ4n) is 5.50. The van der Waals surface area contributed by atoms with E-state index in [1.165, 1.54) is 0 Å². The van der Waals surface area contributed by atoms with Crippen LogP contribution < -0.4 is 5.32 Å². The van der Waals surface area contributed by atoms with Crippen LogP contribution in [-0.2, 0) is 25.7 Å². The van der Waals surface area contributed by atoms with E-state index >= 15 is 0 Å². The molecule has 0 aromatic heterocycles. The number of hydrogen-bond donors (Lipinski definition) is 1. The molecule has 2 aromatic rings. The van der Waals surface area contributed by atoms with Crippen LogP contribution in [0.1, 0.15) is 43.7 Å². The molecular formula is C29H37N3O4. The smallest absolute Gasteiger partial charge is 0.247 e. The SMILES string of the molecule is CC(C)C(=O)N[C@H](COCc1ccccc1)C(=O)N1CCC[C@@]2(C1)C(=O)N(C)C[C@H]2c1ccccc1. The minimum Gasteiger partial charge on any atom is -0.374 e. The number of carbonyl (C=O) groups excluding carboxylic acids is 3. The van der Waals surface area contributed by atoms with E-state index in [0.717, 1.165) is 24.0 Å². The van der Waals surface area contributed by atoms with E-state index in [1.807, 2.05) is 55.6 Å². The number of likely N-dealkylation sites (N-methyl/N-ethyl adjacent to an activating group) is 1. The van der Waals surface area contributed by atoms with Gasteiger partial charge in [0.25, 0.3) is 0 Å². The summed E-state index contributed by atoms with van der Waals surface area (Å²) in [6, 6.07) is 19.1. The highest BCUT2D eigenvalue weighted by atomic mass is 16.5. The van der Waals surface area contributed by atoms with E-state index in [1.54, 1.807) is 23.6 Å². The van der Waals surface area contributed by atoms with Crippen LogP contribution >= 0.6 is 0 Å². The fourth-order valence-corrected chi connectivity index (χ4v) is 5.50. The van der Waals surface area contributed by atoms with Crippen molar-refractivity contribution in [3.8, 4) is 0 Å². The van der Waals surface area contributed by atoms with Gasteiger partial charge >= 0.3 is 0 Å². The van der Waals surface area contributed by atoms with Gasteiger partial charge in [-0.2, -0.15) is 0 Å². The molecule has 4 rings (SSSR count). The maximum atomic E-state index is 13.8. The number of rotatable bonds is 8. The molecule has 7 nitrogen and oxygen atoms in total. The number of amides is 3. The Morgan fingerprint density at radius 3 is 2.42 bits per heavy atom. The number of ether oxygens (including phenoxy) is 1. The summed E-state index contributed by atoms with van der Waals surface area (Å²) < 4.78 is 5.88. The van der Waals surface area contributed by atoms with Crippen LogP contribution in [0.2, 0.25) is 0 Å². The molecule has 2 aliphatic heterocycles. The van der Waals surface area contributed by atoms with Gasteiger partial charge in [0.15, 0.2) is 0 Å². The molecule has 1 spiro atoms. The number of carbonyl (C=O) groups is 3. The van der Waals surface area contributed by atoms with E-state index in [9.17, 15) is 14.4 Å². The first-order valence-electron chi connectivity index (χ1n) is 12.8. The van der Waals surface area contributed by atoms with Gasteiger partial charge in [0, 0.05) is 38.5 Å². The molecule has 0 radical (unpaired) electrons. The maximum absolute atomic E-state index is 13.8. The lowest BCUT2D eigenvalue weighted by Gasteiger charge is -2.43. The van der Waals surface area contributed by atoms with Crippen LogP contribution in [0.4, 0.5) is 0 Å². The second kappa shape index (κ2) is 11.2. The van der Waals surface area contributed by atoms with Crippen molar-refractivity contribution < 1.29 is 19.1 Å². The monoisotopic (exact) mass is 491 g/mol. The largest absolute Gasteiger partial charge is 0.374 e. The molecule has 0 unspecified atom stereocenters. The van der Waals surface area contributed by atoms with Crippen LogP contribution in [0.15, 0.2) is 60.7 Å². The number of piperidine rings is 1. The summed E-state index contributed by atoms with van der Waals surface area (Å²) in [5, 5.41) is 2.89. The Labute approximate surface area is 213 Å². The van der Waals surface area contributed by atoms with Crippen molar-refractivity contribution in [1.29, 1.82) is 0 Å². The summed E-state index contributed by atoms with van der Waals surface area (Å²) in [6.07, 6.45) is 1.48. The molecule has 36 heavy (non-hydrogen) atoms. The molecule has 192 valence electrons. The zero-order chi connectivity index (χ0) is 25.7. The Hall–Kier alpha value is -3.19. The Morgan fingerprint density at radius 1 is 1.08 bits per heavy atom. The summed E-state index contributed by atoms with van der Waals surface area (Å²) in [4.78, 5) is 43.4. The van der Waals surface area contributed by atoms with Gasteiger partial charge in [0.2, 0.25) is 17.7 Å². The number of hydrogen-bond acceptors (Lipinski definition) is 4. The molecule has 3 amide bonds. The standard InChI is InChI=1S/C29H37N3O4/c1-21(2)26(33)30-25(19-36-18-22-11-6-4-7-12-22)27(34)32-16-10-15-29(20-32)24(17-31(3)28(29)35)23-13-8-5-9-14-23/h4-9,11-14,21,24-25H,10,15-20H2,1-3H3,(H,30,33)/t24-,25+,29-/m0/s1. The topological polar surface area (TPSA) is 79.0 Å². The minimum absolute atomic E-state index is 0.0184. The zero-order valence-electron chi connectivity index (χ0n) is 21.5. The summed E-state index contributed by atoms with van der Waals surface area (Å²) in [7, 11) is 1.84. The first-order valence-corrected chi connectivity index (χ1v) is 12.8. The first kappa shape index (κ1) is 25.9. The third-order valence-corrected chi connectivity index (χ3v) is 7.47. The van der Waals surface area contributed by atoms with Crippen LogP contribution in [0.25, 0.3) is 0 Å². The average molecular weight is 492 g/mol. The molecule has 2 aliphatic rings. The molecular weight excluding hydrogens is 454 g/mol. The third kappa shape index (κ3) is 5.46. The van der Waals surface area contributed by atoms with Crippen molar-refractivity contribution in [3.63, 3.8) is 0 Å². The van der Waals surface area contributed by atoms with Gasteiger partial charge in [-0.05, 0) is 24.0 Å². The Balaban J connectivity index is 1.52. The van der Waals surface area contributed by atoms with Crippen molar-refractivity contribution in [2.45, 2.75) is 45.3 Å². The Bertz CT molecular complexity index is 1060. The number of nitrogens with zero attached hydrogens (tertiary/aromatic N) is 2. The molecule has 7 heteroatoms. The summed E-state index contributed by atoms with van der Waals surface area (Å²) in [5.41, 5.74) is 1.48. The molecule has 3 atom stereocenters. The van der Waals surface area contributed by atoms with Crippen molar-refractivity contribution in [1.82, 2.24) is 15.1 Å². The van der Waals surface area contributed by atoms with Gasteiger partial charge in [0.05, 0.1) is 18.6 Å². The predicted molar refractivity (Wildman–Crippen MR) is 138 cm³/mol. The van der Waals surface area contributed by atoms with Gasteiger partial charge in [-0.1, -0.05) is 74.5 Å². The predicted octanol–water partition coefficient (Wildman–Crippen LogP) is 3.21. The highest BCUT2D eigenvalue weighted by Crippen LogP contribution is 2.49. The molecule has 0 aliphatic carbocycles. The fraction of sp³-hybridized carbons (Fsp3) is 0.483. The molecule has 2 fully saturated rings. The summed E-state index contributed by atoms with van der Waals surface area (Å²) in [5.74, 6) is -0.524. The maximum Gasteiger partial charge on any atom is 0.247 e. The zero-order valence-corrected chi connectivity index (χ0v) is 21.5. The van der Waals surface area contributed by atoms with Gasteiger partial charge < -0.3 is 19.9 Å². The second-order valence-electron chi connectivity index (χ2n) is 10.4. The molecule has 2 aromatic carbocycles. The van der Waals surface area contributed by atoms with Gasteiger partial charge in [-0.25, -0.2) is 0 Å².